The van der Waals surface area contributed by atoms with E-state index in [1.54, 1.807) is 19.0 Å². The highest BCUT2D eigenvalue weighted by atomic mass is 16.4. The van der Waals surface area contributed by atoms with Crippen molar-refractivity contribution in [2.24, 2.45) is 0 Å². The van der Waals surface area contributed by atoms with E-state index in [1.165, 1.54) is 12.3 Å². The van der Waals surface area contributed by atoms with Crippen LogP contribution in [0.5, 0.6) is 0 Å². The Bertz CT molecular complexity index is 462. The number of nitrogens with two attached hydrogens (primary N) is 1. The summed E-state index contributed by atoms with van der Waals surface area (Å²) in [6.45, 7) is 0.440. The molecule has 0 saturated carbocycles. The summed E-state index contributed by atoms with van der Waals surface area (Å²) >= 11 is 0. The molecule has 1 heterocycles. The third-order valence-electron chi connectivity index (χ3n) is 2.49. The van der Waals surface area contributed by atoms with Gasteiger partial charge in [0.2, 0.25) is 5.91 Å². The quantitative estimate of drug-likeness (QED) is 0.677. The van der Waals surface area contributed by atoms with Gasteiger partial charge in [-0.2, -0.15) is 0 Å². The van der Waals surface area contributed by atoms with E-state index >= 15 is 0 Å². The average Bonchev–Trinajstić information content (AvgIpc) is 2.35. The van der Waals surface area contributed by atoms with E-state index in [4.69, 9.17) is 10.8 Å². The lowest BCUT2D eigenvalue weighted by Crippen LogP contribution is -2.27. The van der Waals surface area contributed by atoms with Crippen molar-refractivity contribution in [3.63, 3.8) is 0 Å². The van der Waals surface area contributed by atoms with Crippen molar-refractivity contribution in [3.05, 3.63) is 17.8 Å². The Morgan fingerprint density at radius 1 is 1.56 bits per heavy atom. The van der Waals surface area contributed by atoms with E-state index in [0.717, 1.165) is 0 Å². The molecule has 0 saturated heterocycles. The Morgan fingerprint density at radius 3 is 2.78 bits per heavy atom. The van der Waals surface area contributed by atoms with Crippen molar-refractivity contribution in [1.82, 2.24) is 10.3 Å². The van der Waals surface area contributed by atoms with Crippen molar-refractivity contribution in [2.75, 3.05) is 31.3 Å². The van der Waals surface area contributed by atoms with Crippen LogP contribution in [0.25, 0.3) is 0 Å². The molecule has 0 aliphatic carbocycles. The second kappa shape index (κ2) is 5.85. The number of nitrogens with zero attached hydrogens (tertiary/aromatic N) is 2. The fourth-order valence-electron chi connectivity index (χ4n) is 1.36. The number of carboxylic acid groups (broad SMARTS) is 1. The molecule has 0 aliphatic rings. The summed E-state index contributed by atoms with van der Waals surface area (Å²) in [5.74, 6) is -0.725. The zero-order valence-electron chi connectivity index (χ0n) is 10.3. The Labute approximate surface area is 105 Å². The second-order valence-corrected chi connectivity index (χ2v) is 3.78. The van der Waals surface area contributed by atoms with E-state index in [0.29, 0.717) is 18.8 Å². The van der Waals surface area contributed by atoms with Gasteiger partial charge >= 0.3 is 5.97 Å². The minimum atomic E-state index is -1.10. The number of aromatic carboxylic acids is 1. The van der Waals surface area contributed by atoms with E-state index < -0.39 is 5.97 Å². The van der Waals surface area contributed by atoms with E-state index in [1.807, 2.05) is 0 Å². The molecule has 1 rings (SSSR count). The van der Waals surface area contributed by atoms with Crippen LogP contribution < -0.4 is 16.0 Å². The Balaban J connectivity index is 2.80. The van der Waals surface area contributed by atoms with E-state index in [2.05, 4.69) is 10.3 Å². The normalized spacial score (nSPS) is 9.89. The van der Waals surface area contributed by atoms with Crippen molar-refractivity contribution in [1.29, 1.82) is 0 Å². The molecule has 0 spiro atoms. The standard InChI is InChI=1S/C11H16N4O3/c1-13-10(16)3-4-15(2)9-5-7(11(17)18)8(12)6-14-9/h5-6H,3-4,12H2,1-2H3,(H,13,16)(H,17,18). The van der Waals surface area contributed by atoms with Gasteiger partial charge in [0.25, 0.3) is 0 Å². The van der Waals surface area contributed by atoms with Crippen LogP contribution in [0.4, 0.5) is 11.5 Å². The maximum absolute atomic E-state index is 11.1. The lowest BCUT2D eigenvalue weighted by Gasteiger charge is -2.18. The summed E-state index contributed by atoms with van der Waals surface area (Å²) in [6.07, 6.45) is 1.61. The van der Waals surface area contributed by atoms with Crippen LogP contribution >= 0.6 is 0 Å². The largest absolute Gasteiger partial charge is 0.478 e. The Hall–Kier alpha value is -2.31. The molecule has 0 aliphatic heterocycles. The molecular formula is C11H16N4O3. The smallest absolute Gasteiger partial charge is 0.337 e. The summed E-state index contributed by atoms with van der Waals surface area (Å²) in [4.78, 5) is 27.7. The molecule has 98 valence electrons. The van der Waals surface area contributed by atoms with Gasteiger partial charge in [-0.15, -0.1) is 0 Å². The summed E-state index contributed by atoms with van der Waals surface area (Å²) in [5.41, 5.74) is 5.63. The van der Waals surface area contributed by atoms with Crippen molar-refractivity contribution < 1.29 is 14.7 Å². The molecule has 4 N–H and O–H groups in total. The molecule has 0 atom stereocenters. The maximum atomic E-state index is 11.1. The number of rotatable bonds is 5. The summed E-state index contributed by atoms with van der Waals surface area (Å²) in [7, 11) is 3.29. The Kier molecular flexibility index (Phi) is 4.47. The van der Waals surface area contributed by atoms with Crippen molar-refractivity contribution >= 4 is 23.4 Å². The number of anilines is 2. The number of carbonyl (C=O) groups excluding carboxylic acids is 1. The highest BCUT2D eigenvalue weighted by molar-refractivity contribution is 5.94. The molecule has 0 radical (unpaired) electrons. The van der Waals surface area contributed by atoms with E-state index in [9.17, 15) is 9.59 Å². The molecule has 0 aromatic carbocycles. The molecule has 7 heteroatoms. The predicted molar refractivity (Wildman–Crippen MR) is 67.6 cm³/mol. The van der Waals surface area contributed by atoms with Crippen molar-refractivity contribution in [3.8, 4) is 0 Å². The maximum Gasteiger partial charge on any atom is 0.337 e. The molecule has 7 nitrogen and oxygen atoms in total. The Morgan fingerprint density at radius 2 is 2.22 bits per heavy atom. The molecule has 0 unspecified atom stereocenters. The minimum Gasteiger partial charge on any atom is -0.478 e. The van der Waals surface area contributed by atoms with Gasteiger partial charge in [0, 0.05) is 27.1 Å². The van der Waals surface area contributed by atoms with Crippen LogP contribution in [-0.4, -0.2) is 42.6 Å². The number of nitrogens with one attached hydrogen (secondary N) is 1. The molecule has 0 bridgehead atoms. The fourth-order valence-corrected chi connectivity index (χ4v) is 1.36. The number of hydrogen-bond acceptors (Lipinski definition) is 5. The SMILES string of the molecule is CNC(=O)CCN(C)c1cc(C(=O)O)c(N)cn1. The van der Waals surface area contributed by atoms with Crippen LogP contribution in [-0.2, 0) is 4.79 Å². The third-order valence-corrected chi connectivity index (χ3v) is 2.49. The van der Waals surface area contributed by atoms with Crippen LogP contribution in [0.2, 0.25) is 0 Å². The first-order chi connectivity index (χ1) is 8.45. The van der Waals surface area contributed by atoms with Gasteiger partial charge in [0.15, 0.2) is 0 Å². The average molecular weight is 252 g/mol. The van der Waals surface area contributed by atoms with Gasteiger partial charge in [-0.25, -0.2) is 9.78 Å². The molecule has 0 fully saturated rings. The van der Waals surface area contributed by atoms with Gasteiger partial charge < -0.3 is 21.1 Å². The number of carboxylic acids is 1. The molecule has 1 amide bonds. The fraction of sp³-hybridized carbons (Fsp3) is 0.364. The zero-order chi connectivity index (χ0) is 13.7. The number of hydrogen-bond donors (Lipinski definition) is 3. The first-order valence-corrected chi connectivity index (χ1v) is 5.36. The summed E-state index contributed by atoms with van der Waals surface area (Å²) in [5, 5.41) is 11.4. The number of pyridine rings is 1. The van der Waals surface area contributed by atoms with Gasteiger partial charge in [0.05, 0.1) is 17.4 Å². The van der Waals surface area contributed by atoms with Gasteiger partial charge in [-0.1, -0.05) is 0 Å². The molecule has 1 aromatic heterocycles. The summed E-state index contributed by atoms with van der Waals surface area (Å²) in [6, 6.07) is 1.39. The lowest BCUT2D eigenvalue weighted by molar-refractivity contribution is -0.120. The third kappa shape index (κ3) is 3.34. The minimum absolute atomic E-state index is 0.00629. The van der Waals surface area contributed by atoms with Crippen molar-refractivity contribution in [2.45, 2.75) is 6.42 Å². The first-order valence-electron chi connectivity index (χ1n) is 5.36. The molecule has 1 aromatic rings. The van der Waals surface area contributed by atoms with Crippen LogP contribution in [0, 0.1) is 0 Å². The monoisotopic (exact) mass is 252 g/mol. The molecular weight excluding hydrogens is 236 g/mol. The first kappa shape index (κ1) is 13.8. The number of aromatic nitrogens is 1. The number of amides is 1. The van der Waals surface area contributed by atoms with Crippen LogP contribution in [0.3, 0.4) is 0 Å². The van der Waals surface area contributed by atoms with Crippen LogP contribution in [0.15, 0.2) is 12.3 Å². The van der Waals surface area contributed by atoms with Crippen LogP contribution in [0.1, 0.15) is 16.8 Å². The van der Waals surface area contributed by atoms with Gasteiger partial charge in [-0.3, -0.25) is 4.79 Å². The topological polar surface area (TPSA) is 109 Å². The number of carbonyl (C=O) groups is 2. The highest BCUT2D eigenvalue weighted by Gasteiger charge is 2.12. The molecule has 18 heavy (non-hydrogen) atoms. The van der Waals surface area contributed by atoms with E-state index in [-0.39, 0.29) is 17.2 Å². The van der Waals surface area contributed by atoms with Gasteiger partial charge in [-0.05, 0) is 6.07 Å². The highest BCUT2D eigenvalue weighted by Crippen LogP contribution is 2.17. The summed E-state index contributed by atoms with van der Waals surface area (Å²) < 4.78 is 0. The second-order valence-electron chi connectivity index (χ2n) is 3.78. The predicted octanol–water partition coefficient (Wildman–Crippen LogP) is -0.0657. The zero-order valence-corrected chi connectivity index (χ0v) is 10.3. The van der Waals surface area contributed by atoms with Gasteiger partial charge in [0.1, 0.15) is 5.82 Å². The lowest BCUT2D eigenvalue weighted by atomic mass is 10.2. The number of nitrogen functional groups attached to an aromatic ring is 1.